The van der Waals surface area contributed by atoms with Crippen molar-refractivity contribution in [1.29, 1.82) is 0 Å². The minimum Gasteiger partial charge on any atom is -0.487 e. The number of nitrogens with one attached hydrogen (secondary N) is 2. The Kier molecular flexibility index (Phi) is 17.9. The van der Waals surface area contributed by atoms with Gasteiger partial charge in [-0.25, -0.2) is 30.1 Å². The number of carbonyl (C=O) groups is 2. The molecular weight excluding hydrogens is 870 g/mol. The summed E-state index contributed by atoms with van der Waals surface area (Å²) in [7, 11) is 0. The molecule has 6 rings (SSSR count). The van der Waals surface area contributed by atoms with Crippen LogP contribution in [0.5, 0.6) is 11.5 Å². The molecule has 4 aromatic heterocycles. The van der Waals surface area contributed by atoms with Crippen LogP contribution in [0.3, 0.4) is 0 Å². The molecule has 2 saturated heterocycles. The van der Waals surface area contributed by atoms with Crippen molar-refractivity contribution in [2.45, 2.75) is 38.9 Å². The maximum Gasteiger partial charge on any atom is 0.286 e. The van der Waals surface area contributed by atoms with E-state index in [2.05, 4.69) is 40.3 Å². The van der Waals surface area contributed by atoms with Gasteiger partial charge in [-0.2, -0.15) is 10.2 Å². The molecule has 2 amide bonds. The third-order valence-electron chi connectivity index (χ3n) is 8.90. The van der Waals surface area contributed by atoms with Crippen molar-refractivity contribution < 1.29 is 28.5 Å². The number of H-pyrrole nitrogens is 2. The van der Waals surface area contributed by atoms with Crippen LogP contribution in [-0.2, 0) is 19.1 Å². The predicted molar refractivity (Wildman–Crippen MR) is 222 cm³/mol. The lowest BCUT2D eigenvalue weighted by Crippen LogP contribution is -2.49. The molecule has 0 saturated carbocycles. The number of halogens is 4. The molecule has 0 aliphatic carbocycles. The zero-order valence-corrected chi connectivity index (χ0v) is 35.8. The first kappa shape index (κ1) is 46.2. The monoisotopic (exact) mass is 912 g/mol. The summed E-state index contributed by atoms with van der Waals surface area (Å²) in [6.45, 7) is 9.56. The summed E-state index contributed by atoms with van der Waals surface area (Å²) in [4.78, 5) is 72.0. The largest absolute Gasteiger partial charge is 0.487 e. The van der Waals surface area contributed by atoms with Gasteiger partial charge in [0.2, 0.25) is 23.7 Å². The van der Waals surface area contributed by atoms with Crippen molar-refractivity contribution in [3.8, 4) is 11.5 Å². The van der Waals surface area contributed by atoms with Crippen LogP contribution in [0, 0.1) is 0 Å². The number of ether oxygens (including phenoxy) is 4. The lowest BCUT2D eigenvalue weighted by Gasteiger charge is -2.34. The molecule has 24 heteroatoms. The van der Waals surface area contributed by atoms with Crippen LogP contribution in [-0.4, -0.2) is 153 Å². The maximum atomic E-state index is 12.4. The summed E-state index contributed by atoms with van der Waals surface area (Å²) < 4.78 is 22.2. The molecule has 2 aliphatic rings. The lowest BCUT2D eigenvalue weighted by molar-refractivity contribution is -0.133. The van der Waals surface area contributed by atoms with E-state index in [9.17, 15) is 19.2 Å². The first-order chi connectivity index (χ1) is 28.9. The number of hydrogen-bond acceptors (Lipinski definition) is 16. The fourth-order valence-corrected chi connectivity index (χ4v) is 6.22. The van der Waals surface area contributed by atoms with E-state index in [0.29, 0.717) is 74.3 Å². The number of carbonyl (C=O) groups excluding carboxylic acids is 2. The van der Waals surface area contributed by atoms with Gasteiger partial charge >= 0.3 is 0 Å². The first-order valence-corrected chi connectivity index (χ1v) is 20.3. The number of piperazine rings is 2. The van der Waals surface area contributed by atoms with Crippen LogP contribution >= 0.6 is 46.4 Å². The van der Waals surface area contributed by atoms with Crippen LogP contribution in [0.4, 0.5) is 11.9 Å². The highest BCUT2D eigenvalue weighted by molar-refractivity contribution is 6.32. The van der Waals surface area contributed by atoms with Gasteiger partial charge in [-0.05, 0) is 13.8 Å². The van der Waals surface area contributed by atoms with Gasteiger partial charge in [0.1, 0.15) is 12.7 Å². The summed E-state index contributed by atoms with van der Waals surface area (Å²) in [6, 6.07) is 0. The average Bonchev–Trinajstić information content (AvgIpc) is 3.25. The highest BCUT2D eigenvalue weighted by atomic mass is 35.5. The minimum absolute atomic E-state index is 0.0293. The topological polar surface area (TPSA) is 227 Å². The summed E-state index contributed by atoms with van der Waals surface area (Å²) in [6.07, 6.45) is 8.80. The Bertz CT molecular complexity index is 2100. The Morgan fingerprint density at radius 1 is 0.633 bits per heavy atom. The molecule has 6 heterocycles. The quantitative estimate of drug-likeness (QED) is 0.154. The minimum atomic E-state index is -0.518. The maximum absolute atomic E-state index is 12.4. The van der Waals surface area contributed by atoms with Gasteiger partial charge in [-0.15, -0.1) is 0 Å². The number of aromatic nitrogens is 8. The second-order valence-corrected chi connectivity index (χ2v) is 15.0. The third-order valence-corrected chi connectivity index (χ3v) is 10.0. The molecule has 20 nitrogen and oxygen atoms in total. The van der Waals surface area contributed by atoms with Gasteiger partial charge in [-0.3, -0.25) is 19.2 Å². The van der Waals surface area contributed by atoms with E-state index >= 15 is 0 Å². The summed E-state index contributed by atoms with van der Waals surface area (Å²) >= 11 is 23.3. The van der Waals surface area contributed by atoms with Crippen molar-refractivity contribution >= 4 is 70.1 Å². The third kappa shape index (κ3) is 14.1. The molecule has 4 aromatic rings. The molecule has 324 valence electrons. The summed E-state index contributed by atoms with van der Waals surface area (Å²) in [5.74, 6) is 1.66. The van der Waals surface area contributed by atoms with E-state index in [0.717, 1.165) is 0 Å². The SMILES string of the molecule is C[C@@H](COCCC(=O)N1CCN(c2ncc(Cl)cn2)CC1)Oc1cn[nH]c(=O)c1Cl.C[C@@H](COc1cn[nH]c(=O)c1Cl)OCCC(=O)N1CCN(c2ncc(Cl)cn2)CC1. The molecule has 2 atom stereocenters. The zero-order chi connectivity index (χ0) is 43.0. The van der Waals surface area contributed by atoms with Gasteiger partial charge in [0.25, 0.3) is 11.1 Å². The van der Waals surface area contributed by atoms with E-state index in [-0.39, 0.29) is 84.8 Å². The Balaban J connectivity index is 0.000000228. The van der Waals surface area contributed by atoms with Crippen molar-refractivity contribution in [3.05, 3.63) is 78.0 Å². The second-order valence-electron chi connectivity index (χ2n) is 13.4. The summed E-state index contributed by atoms with van der Waals surface area (Å²) in [5, 5.41) is 12.6. The normalized spacial score (nSPS) is 15.2. The number of amides is 2. The molecule has 0 aromatic carbocycles. The average molecular weight is 915 g/mol. The fourth-order valence-electron chi connectivity index (χ4n) is 5.74. The standard InChI is InChI=1S/2C18H22Cl2N6O4/c1-12(11-30-14-10-23-24-17(28)16(14)20)29-7-2-15(27)25-3-5-26(6-4-25)18-21-8-13(19)9-22-18;1-12(30-14-10-23-24-17(28)16(14)20)11-29-7-2-15(27)25-3-5-26(6-4-25)18-21-8-13(19)9-22-18/h2*8-10,12H,2-7,11H2,1H3,(H,24,28)/t2*12-/m00/s1. The Labute approximate surface area is 364 Å². The van der Waals surface area contributed by atoms with Crippen LogP contribution in [0.15, 0.2) is 46.8 Å². The molecule has 2 fully saturated rings. The Hall–Kier alpha value is -4.86. The zero-order valence-electron chi connectivity index (χ0n) is 32.8. The molecule has 0 unspecified atom stereocenters. The predicted octanol–water partition coefficient (Wildman–Crippen LogP) is 2.78. The smallest absolute Gasteiger partial charge is 0.286 e. The van der Waals surface area contributed by atoms with Gasteiger partial charge in [-0.1, -0.05) is 46.4 Å². The fraction of sp³-hybridized carbons (Fsp3) is 0.500. The Morgan fingerprint density at radius 2 is 1.08 bits per heavy atom. The molecule has 0 radical (unpaired) electrons. The number of rotatable bonds is 16. The number of nitrogens with zero attached hydrogens (tertiary/aromatic N) is 10. The van der Waals surface area contributed by atoms with E-state index < -0.39 is 11.1 Å². The van der Waals surface area contributed by atoms with Crippen molar-refractivity contribution in [2.24, 2.45) is 0 Å². The van der Waals surface area contributed by atoms with Gasteiger partial charge in [0.05, 0.1) is 86.0 Å². The molecule has 0 bridgehead atoms. The highest BCUT2D eigenvalue weighted by Gasteiger charge is 2.24. The van der Waals surface area contributed by atoms with Gasteiger partial charge in [0.15, 0.2) is 21.5 Å². The van der Waals surface area contributed by atoms with Crippen LogP contribution in [0.1, 0.15) is 26.7 Å². The molecule has 0 spiro atoms. The lowest BCUT2D eigenvalue weighted by atomic mass is 10.3. The van der Waals surface area contributed by atoms with Crippen molar-refractivity contribution in [1.82, 2.24) is 50.1 Å². The number of anilines is 2. The van der Waals surface area contributed by atoms with Crippen LogP contribution in [0.25, 0.3) is 0 Å². The van der Waals surface area contributed by atoms with Gasteiger partial charge in [0, 0.05) is 52.4 Å². The van der Waals surface area contributed by atoms with Gasteiger partial charge < -0.3 is 38.5 Å². The van der Waals surface area contributed by atoms with E-state index in [1.807, 2.05) is 16.7 Å². The van der Waals surface area contributed by atoms with E-state index in [1.54, 1.807) is 41.5 Å². The molecule has 2 aliphatic heterocycles. The summed E-state index contributed by atoms with van der Waals surface area (Å²) in [5.41, 5.74) is -1.04. The van der Waals surface area contributed by atoms with Crippen LogP contribution in [0.2, 0.25) is 20.1 Å². The first-order valence-electron chi connectivity index (χ1n) is 18.8. The van der Waals surface area contributed by atoms with E-state index in [1.165, 1.54) is 12.4 Å². The Morgan fingerprint density at radius 3 is 1.58 bits per heavy atom. The number of aromatic amines is 2. The van der Waals surface area contributed by atoms with Crippen molar-refractivity contribution in [3.63, 3.8) is 0 Å². The van der Waals surface area contributed by atoms with Crippen molar-refractivity contribution in [2.75, 3.05) is 88.6 Å². The van der Waals surface area contributed by atoms with E-state index in [4.69, 9.17) is 65.4 Å². The molecular formula is C36H44Cl4N12O8. The second kappa shape index (κ2) is 23.2. The van der Waals surface area contributed by atoms with Crippen LogP contribution < -0.4 is 30.4 Å². The molecule has 2 N–H and O–H groups in total. The highest BCUT2D eigenvalue weighted by Crippen LogP contribution is 2.20. The molecule has 60 heavy (non-hydrogen) atoms. The number of hydrogen-bond donors (Lipinski definition) is 2.